The number of nitrogens with one attached hydrogen (secondary N) is 4. The lowest BCUT2D eigenvalue weighted by Crippen LogP contribution is -2.33. The lowest BCUT2D eigenvalue weighted by atomic mass is 10.00. The number of hydrogen-bond acceptors (Lipinski definition) is 12. The summed E-state index contributed by atoms with van der Waals surface area (Å²) < 4.78 is 3.84. The Balaban J connectivity index is 0.000000159. The standard InChI is InChI=1S/C19H25N7.C18H23N7/c1-13(2)26-12-15(11-24-26)16-8-17-18(22-7-6-21-17)19(25-16)23-10-14-4-3-5-20-9-14;1-2-25-12-14(11-23-25)15-8-16-17(21-7-6-20-16)18(24-15)22-10-13-4-3-5-19-9-13/h6-8,11-14,20H,3-5,9-10H2,1-2H3,(H,23,25);6-8,11-13,19H,2-5,9-10H2,1H3,(H,22,24)/t14-;13-/m11/s1. The van der Waals surface area contributed by atoms with Gasteiger partial charge in [-0.3, -0.25) is 19.3 Å². The molecule has 0 aliphatic carbocycles. The van der Waals surface area contributed by atoms with Gasteiger partial charge in [-0.1, -0.05) is 0 Å². The Labute approximate surface area is 298 Å². The highest BCUT2D eigenvalue weighted by Gasteiger charge is 2.17. The molecule has 2 saturated heterocycles. The van der Waals surface area contributed by atoms with E-state index >= 15 is 0 Å². The third kappa shape index (κ3) is 8.46. The van der Waals surface area contributed by atoms with Crippen molar-refractivity contribution in [1.29, 1.82) is 0 Å². The Kier molecular flexibility index (Phi) is 11.0. The van der Waals surface area contributed by atoms with E-state index in [-0.39, 0.29) is 0 Å². The van der Waals surface area contributed by atoms with E-state index in [0.717, 1.165) is 102 Å². The lowest BCUT2D eigenvalue weighted by molar-refractivity contribution is 0.392. The highest BCUT2D eigenvalue weighted by atomic mass is 15.3. The Morgan fingerprint density at radius 1 is 0.725 bits per heavy atom. The maximum absolute atomic E-state index is 4.84. The van der Waals surface area contributed by atoms with Crippen molar-refractivity contribution in [3.05, 3.63) is 61.7 Å². The molecule has 4 N–H and O–H groups in total. The second-order valence-electron chi connectivity index (χ2n) is 13.6. The molecule has 51 heavy (non-hydrogen) atoms. The molecule has 8 rings (SSSR count). The monoisotopic (exact) mass is 688 g/mol. The van der Waals surface area contributed by atoms with Crippen molar-refractivity contribution in [2.75, 3.05) is 49.9 Å². The zero-order valence-corrected chi connectivity index (χ0v) is 29.8. The summed E-state index contributed by atoms with van der Waals surface area (Å²) >= 11 is 0. The average Bonchev–Trinajstić information content (AvgIpc) is 3.88. The van der Waals surface area contributed by atoms with Gasteiger partial charge in [-0.05, 0) is 96.6 Å². The van der Waals surface area contributed by atoms with Gasteiger partial charge < -0.3 is 21.3 Å². The number of rotatable bonds is 10. The zero-order chi connectivity index (χ0) is 35.0. The molecule has 8 heterocycles. The first-order chi connectivity index (χ1) is 25.0. The van der Waals surface area contributed by atoms with Crippen LogP contribution in [0, 0.1) is 11.8 Å². The van der Waals surface area contributed by atoms with Gasteiger partial charge in [-0.25, -0.2) is 19.9 Å². The molecule has 14 heteroatoms. The van der Waals surface area contributed by atoms with E-state index < -0.39 is 0 Å². The number of aromatic nitrogens is 10. The van der Waals surface area contributed by atoms with E-state index in [0.29, 0.717) is 17.9 Å². The lowest BCUT2D eigenvalue weighted by Gasteiger charge is -2.23. The Bertz CT molecular complexity index is 2020. The highest BCUT2D eigenvalue weighted by molar-refractivity contribution is 5.89. The normalized spacial score (nSPS) is 17.7. The molecule has 2 aliphatic heterocycles. The van der Waals surface area contributed by atoms with Crippen molar-refractivity contribution in [2.24, 2.45) is 11.8 Å². The summed E-state index contributed by atoms with van der Waals surface area (Å²) in [6.45, 7) is 13.3. The van der Waals surface area contributed by atoms with E-state index in [1.807, 2.05) is 46.3 Å². The van der Waals surface area contributed by atoms with Crippen LogP contribution in [-0.4, -0.2) is 88.7 Å². The van der Waals surface area contributed by atoms with Gasteiger partial charge in [-0.2, -0.15) is 10.2 Å². The second kappa shape index (κ2) is 16.3. The molecule has 0 radical (unpaired) electrons. The molecule has 6 aromatic heterocycles. The van der Waals surface area contributed by atoms with Crippen molar-refractivity contribution >= 4 is 33.7 Å². The minimum Gasteiger partial charge on any atom is -0.368 e. The fourth-order valence-electron chi connectivity index (χ4n) is 6.59. The first kappa shape index (κ1) is 34.4. The number of fused-ring (bicyclic) bond motifs is 2. The topological polar surface area (TPSA) is 161 Å². The summed E-state index contributed by atoms with van der Waals surface area (Å²) in [7, 11) is 0. The minimum atomic E-state index is 0.320. The van der Waals surface area contributed by atoms with Crippen LogP contribution in [0.2, 0.25) is 0 Å². The number of anilines is 2. The van der Waals surface area contributed by atoms with E-state index in [2.05, 4.69) is 72.2 Å². The van der Waals surface area contributed by atoms with E-state index in [9.17, 15) is 0 Å². The molecular formula is C37H48N14. The van der Waals surface area contributed by atoms with Gasteiger partial charge in [0.2, 0.25) is 0 Å². The van der Waals surface area contributed by atoms with Crippen LogP contribution in [-0.2, 0) is 6.54 Å². The van der Waals surface area contributed by atoms with Crippen molar-refractivity contribution in [2.45, 2.75) is 59.0 Å². The van der Waals surface area contributed by atoms with E-state index in [1.54, 1.807) is 24.8 Å². The van der Waals surface area contributed by atoms with Crippen molar-refractivity contribution in [3.63, 3.8) is 0 Å². The van der Waals surface area contributed by atoms with Gasteiger partial charge in [0.1, 0.15) is 11.0 Å². The van der Waals surface area contributed by atoms with Crippen LogP contribution in [0.4, 0.5) is 11.6 Å². The number of nitrogens with zero attached hydrogens (tertiary/aromatic N) is 10. The molecule has 14 nitrogen and oxygen atoms in total. The maximum Gasteiger partial charge on any atom is 0.154 e. The molecule has 0 aromatic carbocycles. The number of pyridine rings is 2. The SMILES string of the molecule is CC(C)n1cc(-c2cc3nccnc3c(NC[C@@H]3CCCNC3)n2)cn1.CCn1cc(-c2cc3nccnc3c(NC[C@@H]3CCCNC3)n2)cn1. The number of piperidine rings is 2. The van der Waals surface area contributed by atoms with Crippen LogP contribution in [0.1, 0.15) is 52.5 Å². The summed E-state index contributed by atoms with van der Waals surface area (Å²) in [5, 5.41) is 22.7. The minimum absolute atomic E-state index is 0.320. The van der Waals surface area contributed by atoms with Crippen molar-refractivity contribution in [1.82, 2.24) is 60.1 Å². The van der Waals surface area contributed by atoms with Crippen LogP contribution in [0.15, 0.2) is 61.7 Å². The number of aryl methyl sites for hydroxylation is 1. The fraction of sp³-hybridized carbons (Fsp3) is 0.459. The van der Waals surface area contributed by atoms with Crippen LogP contribution >= 0.6 is 0 Å². The molecule has 6 aromatic rings. The van der Waals surface area contributed by atoms with Gasteiger partial charge in [0.05, 0.1) is 34.8 Å². The predicted octanol–water partition coefficient (Wildman–Crippen LogP) is 5.20. The quantitative estimate of drug-likeness (QED) is 0.149. The second-order valence-corrected chi connectivity index (χ2v) is 13.6. The van der Waals surface area contributed by atoms with Gasteiger partial charge in [0.15, 0.2) is 11.6 Å². The molecular weight excluding hydrogens is 641 g/mol. The van der Waals surface area contributed by atoms with Crippen molar-refractivity contribution in [3.8, 4) is 22.5 Å². The summed E-state index contributed by atoms with van der Waals surface area (Å²) in [6.07, 6.45) is 19.6. The van der Waals surface area contributed by atoms with Gasteiger partial charge >= 0.3 is 0 Å². The smallest absolute Gasteiger partial charge is 0.154 e. The Hall–Kier alpha value is -5.08. The summed E-state index contributed by atoms with van der Waals surface area (Å²) in [6, 6.07) is 4.28. The van der Waals surface area contributed by atoms with Crippen LogP contribution in [0.5, 0.6) is 0 Å². The Morgan fingerprint density at radius 3 is 1.73 bits per heavy atom. The third-order valence-corrected chi connectivity index (χ3v) is 9.51. The van der Waals surface area contributed by atoms with Crippen LogP contribution in [0.3, 0.4) is 0 Å². The third-order valence-electron chi connectivity index (χ3n) is 9.51. The van der Waals surface area contributed by atoms with Crippen molar-refractivity contribution < 1.29 is 0 Å². The summed E-state index contributed by atoms with van der Waals surface area (Å²) in [5.41, 5.74) is 7.06. The van der Waals surface area contributed by atoms with Gasteiger partial charge in [0, 0.05) is 74.0 Å². The molecule has 0 saturated carbocycles. The van der Waals surface area contributed by atoms with Gasteiger partial charge in [-0.15, -0.1) is 0 Å². The predicted molar refractivity (Wildman–Crippen MR) is 201 cm³/mol. The van der Waals surface area contributed by atoms with Crippen LogP contribution < -0.4 is 21.3 Å². The van der Waals surface area contributed by atoms with Crippen LogP contribution in [0.25, 0.3) is 44.6 Å². The molecule has 2 fully saturated rings. The molecule has 2 atom stereocenters. The summed E-state index contributed by atoms with van der Waals surface area (Å²) in [4.78, 5) is 27.6. The number of hydrogen-bond donors (Lipinski definition) is 4. The first-order valence-electron chi connectivity index (χ1n) is 18.2. The molecule has 0 spiro atoms. The molecule has 0 amide bonds. The van der Waals surface area contributed by atoms with Gasteiger partial charge in [0.25, 0.3) is 0 Å². The molecule has 0 unspecified atom stereocenters. The zero-order valence-electron chi connectivity index (χ0n) is 29.8. The Morgan fingerprint density at radius 2 is 1.25 bits per heavy atom. The molecule has 0 bridgehead atoms. The first-order valence-corrected chi connectivity index (χ1v) is 18.2. The highest BCUT2D eigenvalue weighted by Crippen LogP contribution is 2.27. The average molecular weight is 689 g/mol. The molecule has 266 valence electrons. The largest absolute Gasteiger partial charge is 0.368 e. The fourth-order valence-corrected chi connectivity index (χ4v) is 6.59. The molecule has 2 aliphatic rings. The maximum atomic E-state index is 4.84. The van der Waals surface area contributed by atoms with E-state index in [1.165, 1.54) is 25.7 Å². The summed E-state index contributed by atoms with van der Waals surface area (Å²) in [5.74, 6) is 2.84. The van der Waals surface area contributed by atoms with E-state index in [4.69, 9.17) is 9.97 Å².